The number of amides is 1. The number of fused-ring (bicyclic) bond motifs is 1. The van der Waals surface area contributed by atoms with E-state index in [-0.39, 0.29) is 11.7 Å². The normalized spacial score (nSPS) is 12.0. The predicted octanol–water partition coefficient (Wildman–Crippen LogP) is 3.14. The van der Waals surface area contributed by atoms with Crippen molar-refractivity contribution >= 4 is 32.6 Å². The van der Waals surface area contributed by atoms with Crippen molar-refractivity contribution in [2.75, 3.05) is 32.1 Å². The Balaban J connectivity index is 1.95. The van der Waals surface area contributed by atoms with Gasteiger partial charge in [0.1, 0.15) is 11.4 Å². The number of carbonyl (C=O) groups excluding carboxylic acids is 1. The molecule has 0 radical (unpaired) electrons. The quantitative estimate of drug-likeness (QED) is 0.621. The summed E-state index contributed by atoms with van der Waals surface area (Å²) in [5.41, 5.74) is 0.876. The van der Waals surface area contributed by atoms with Crippen molar-refractivity contribution in [2.45, 2.75) is 6.36 Å². The van der Waals surface area contributed by atoms with E-state index >= 15 is 0 Å². The highest BCUT2D eigenvalue weighted by atomic mass is 32.1. The summed E-state index contributed by atoms with van der Waals surface area (Å²) in [6.45, 7) is 0.949. The topological polar surface area (TPSA) is 63.5 Å². The van der Waals surface area contributed by atoms with Crippen LogP contribution in [0.3, 0.4) is 0 Å². The smallest absolute Gasteiger partial charge is 0.406 e. The van der Waals surface area contributed by atoms with Gasteiger partial charge in [-0.3, -0.25) is 14.4 Å². The van der Waals surface area contributed by atoms with Crippen molar-refractivity contribution in [3.63, 3.8) is 0 Å². The van der Waals surface area contributed by atoms with Gasteiger partial charge in [0.05, 0.1) is 10.2 Å². The minimum absolute atomic E-state index is 0.285. The molecule has 0 spiro atoms. The van der Waals surface area contributed by atoms with Gasteiger partial charge in [-0.2, -0.15) is 5.10 Å². The van der Waals surface area contributed by atoms with Crippen molar-refractivity contribution in [3.8, 4) is 5.75 Å². The molecule has 0 aliphatic carbocycles. The molecule has 0 aliphatic rings. The number of halogens is 3. The van der Waals surface area contributed by atoms with E-state index in [1.165, 1.54) is 34.0 Å². The number of aromatic nitrogens is 3. The van der Waals surface area contributed by atoms with Crippen LogP contribution in [0.25, 0.3) is 10.2 Å². The molecule has 0 saturated carbocycles. The molecular weight excluding hydrogens is 395 g/mol. The highest BCUT2D eigenvalue weighted by molar-refractivity contribution is 7.22. The number of alkyl halides is 3. The zero-order valence-corrected chi connectivity index (χ0v) is 16.2. The first-order chi connectivity index (χ1) is 13.1. The van der Waals surface area contributed by atoms with E-state index < -0.39 is 6.36 Å². The third-order valence-corrected chi connectivity index (χ3v) is 4.91. The number of hydrogen-bond acceptors (Lipinski definition) is 6. The second-order valence-electron chi connectivity index (χ2n) is 6.27. The summed E-state index contributed by atoms with van der Waals surface area (Å²) in [6, 6.07) is 5.51. The molecule has 2 aromatic heterocycles. The van der Waals surface area contributed by atoms with Crippen molar-refractivity contribution in [1.82, 2.24) is 19.7 Å². The lowest BCUT2D eigenvalue weighted by molar-refractivity contribution is -0.274. The van der Waals surface area contributed by atoms with Crippen LogP contribution in [0.2, 0.25) is 0 Å². The molecule has 2 heterocycles. The van der Waals surface area contributed by atoms with Crippen molar-refractivity contribution < 1.29 is 22.7 Å². The van der Waals surface area contributed by atoms with Crippen molar-refractivity contribution in [1.29, 1.82) is 0 Å². The van der Waals surface area contributed by atoms with Gasteiger partial charge in [0.2, 0.25) is 0 Å². The minimum Gasteiger partial charge on any atom is -0.406 e. The second-order valence-corrected chi connectivity index (χ2v) is 7.28. The molecule has 28 heavy (non-hydrogen) atoms. The number of nitrogens with zero attached hydrogens (tertiary/aromatic N) is 5. The highest BCUT2D eigenvalue weighted by Gasteiger charge is 2.31. The summed E-state index contributed by atoms with van der Waals surface area (Å²) in [7, 11) is 5.42. The fourth-order valence-corrected chi connectivity index (χ4v) is 3.53. The molecule has 0 fully saturated rings. The van der Waals surface area contributed by atoms with E-state index in [4.69, 9.17) is 0 Å². The van der Waals surface area contributed by atoms with Crippen LogP contribution in [0.4, 0.5) is 18.3 Å². The number of likely N-dealkylation sites (N-methyl/N-ethyl adjacent to an activating group) is 1. The molecule has 0 aliphatic heterocycles. The standard InChI is InChI=1S/C17H18F3N5O2S/c1-23(2)8-9-25(15(26)13-6-7-21-24(13)3)16-22-12-5-4-11(10-14(12)28-16)27-17(18,19)20/h4-7,10H,8-9H2,1-3H3. The lowest BCUT2D eigenvalue weighted by Gasteiger charge is -2.21. The van der Waals surface area contributed by atoms with E-state index in [2.05, 4.69) is 14.8 Å². The number of hydrogen-bond donors (Lipinski definition) is 0. The van der Waals surface area contributed by atoms with Gasteiger partial charge in [-0.1, -0.05) is 11.3 Å². The summed E-state index contributed by atoms with van der Waals surface area (Å²) < 4.78 is 43.3. The third-order valence-electron chi connectivity index (χ3n) is 3.87. The van der Waals surface area contributed by atoms with Crippen LogP contribution in [0.1, 0.15) is 10.5 Å². The van der Waals surface area contributed by atoms with Gasteiger partial charge in [0, 0.05) is 32.4 Å². The zero-order chi connectivity index (χ0) is 20.5. The molecule has 1 aromatic carbocycles. The molecule has 0 atom stereocenters. The van der Waals surface area contributed by atoms with E-state index in [0.29, 0.717) is 34.1 Å². The van der Waals surface area contributed by atoms with Crippen LogP contribution in [-0.2, 0) is 7.05 Å². The fourth-order valence-electron chi connectivity index (χ4n) is 2.51. The van der Waals surface area contributed by atoms with Crippen molar-refractivity contribution in [3.05, 3.63) is 36.2 Å². The lowest BCUT2D eigenvalue weighted by atomic mass is 10.3. The molecular formula is C17H18F3N5O2S. The van der Waals surface area contributed by atoms with Gasteiger partial charge in [0.25, 0.3) is 5.91 Å². The maximum absolute atomic E-state index is 13.0. The summed E-state index contributed by atoms with van der Waals surface area (Å²) in [5, 5.41) is 4.41. The molecule has 0 bridgehead atoms. The van der Waals surface area contributed by atoms with Gasteiger partial charge in [-0.25, -0.2) is 4.98 Å². The Bertz CT molecular complexity index is 983. The number of benzene rings is 1. The summed E-state index contributed by atoms with van der Waals surface area (Å²) in [6.07, 6.45) is -3.25. The lowest BCUT2D eigenvalue weighted by Crippen LogP contribution is -2.37. The number of aryl methyl sites for hydroxylation is 1. The Kier molecular flexibility index (Phi) is 5.57. The monoisotopic (exact) mass is 413 g/mol. The first-order valence-electron chi connectivity index (χ1n) is 8.25. The fraction of sp³-hybridized carbons (Fsp3) is 0.353. The van der Waals surface area contributed by atoms with Crippen molar-refractivity contribution in [2.24, 2.45) is 7.05 Å². The summed E-state index contributed by atoms with van der Waals surface area (Å²) >= 11 is 1.13. The average Bonchev–Trinajstić information content (AvgIpc) is 3.18. The van der Waals surface area contributed by atoms with Crippen LogP contribution in [0.5, 0.6) is 5.75 Å². The Hall–Kier alpha value is -2.66. The molecule has 0 saturated heterocycles. The Morgan fingerprint density at radius 1 is 1.25 bits per heavy atom. The summed E-state index contributed by atoms with van der Waals surface area (Å²) in [4.78, 5) is 20.9. The van der Waals surface area contributed by atoms with Crippen LogP contribution in [-0.4, -0.2) is 59.1 Å². The molecule has 3 aromatic rings. The maximum Gasteiger partial charge on any atom is 0.573 e. The van der Waals surface area contributed by atoms with Gasteiger partial charge in [0.15, 0.2) is 5.13 Å². The molecule has 3 rings (SSSR count). The Morgan fingerprint density at radius 2 is 2.00 bits per heavy atom. The van der Waals surface area contributed by atoms with E-state index in [9.17, 15) is 18.0 Å². The summed E-state index contributed by atoms with van der Waals surface area (Å²) in [5.74, 6) is -0.610. The third kappa shape index (κ3) is 4.60. The SMILES string of the molecule is CN(C)CCN(C(=O)c1ccnn1C)c1nc2ccc(OC(F)(F)F)cc2s1. The van der Waals surface area contributed by atoms with Gasteiger partial charge in [-0.15, -0.1) is 13.2 Å². The Morgan fingerprint density at radius 3 is 2.61 bits per heavy atom. The van der Waals surface area contributed by atoms with Gasteiger partial charge >= 0.3 is 6.36 Å². The number of thiazole rings is 1. The largest absolute Gasteiger partial charge is 0.573 e. The average molecular weight is 413 g/mol. The highest BCUT2D eigenvalue weighted by Crippen LogP contribution is 2.33. The molecule has 7 nitrogen and oxygen atoms in total. The number of ether oxygens (including phenoxy) is 1. The molecule has 0 N–H and O–H groups in total. The number of carbonyl (C=O) groups is 1. The van der Waals surface area contributed by atoms with E-state index in [1.54, 1.807) is 13.1 Å². The number of rotatable bonds is 6. The van der Waals surface area contributed by atoms with E-state index in [0.717, 1.165) is 11.3 Å². The number of anilines is 1. The van der Waals surface area contributed by atoms with Crippen LogP contribution >= 0.6 is 11.3 Å². The van der Waals surface area contributed by atoms with Gasteiger partial charge < -0.3 is 9.64 Å². The van der Waals surface area contributed by atoms with E-state index in [1.807, 2.05) is 19.0 Å². The predicted molar refractivity (Wildman–Crippen MR) is 99.7 cm³/mol. The van der Waals surface area contributed by atoms with Crippen LogP contribution in [0, 0.1) is 0 Å². The Labute approximate surface area is 162 Å². The zero-order valence-electron chi connectivity index (χ0n) is 15.4. The molecule has 0 unspecified atom stereocenters. The molecule has 150 valence electrons. The first kappa shape index (κ1) is 20.1. The molecule has 11 heteroatoms. The van der Waals surface area contributed by atoms with Crippen LogP contribution < -0.4 is 9.64 Å². The first-order valence-corrected chi connectivity index (χ1v) is 9.06. The van der Waals surface area contributed by atoms with Crippen LogP contribution in [0.15, 0.2) is 30.5 Å². The minimum atomic E-state index is -4.77. The van der Waals surface area contributed by atoms with Gasteiger partial charge in [-0.05, 0) is 32.3 Å². The maximum atomic E-state index is 13.0. The second kappa shape index (κ2) is 7.76. The molecule has 1 amide bonds.